The van der Waals surface area contributed by atoms with E-state index in [2.05, 4.69) is 31.1 Å². The molecule has 0 saturated carbocycles. The van der Waals surface area contributed by atoms with Gasteiger partial charge in [-0.05, 0) is 15.9 Å². The summed E-state index contributed by atoms with van der Waals surface area (Å²) >= 11 is 2.94. The smallest absolute Gasteiger partial charge is 0.327 e. The van der Waals surface area contributed by atoms with E-state index in [4.69, 9.17) is 5.11 Å². The lowest BCUT2D eigenvalue weighted by Crippen LogP contribution is -2.33. The predicted molar refractivity (Wildman–Crippen MR) is 68.7 cm³/mol. The zero-order chi connectivity index (χ0) is 15.3. The molecule has 0 spiro atoms. The number of aliphatic hydroxyl groups excluding tert-OH is 1. The van der Waals surface area contributed by atoms with E-state index in [0.29, 0.717) is 0 Å². The van der Waals surface area contributed by atoms with Crippen LogP contribution < -0.4 is 10.9 Å². The molecule has 0 radical (unpaired) electrons. The van der Waals surface area contributed by atoms with E-state index in [-0.39, 0.29) is 16.7 Å². The standard InChI is InChI=1S/C10H12BrF2N3O4/c1-20-7(18)3-16-9(19)8(11)6(2-15-16)14-4-10(12,13)5-17/h2,14,17H,3-5H2,1H3. The van der Waals surface area contributed by atoms with Gasteiger partial charge < -0.3 is 15.2 Å². The molecule has 0 aliphatic carbocycles. The third-order valence-electron chi connectivity index (χ3n) is 2.26. The molecule has 0 aliphatic heterocycles. The lowest BCUT2D eigenvalue weighted by Gasteiger charge is -2.15. The number of aliphatic hydroxyl groups is 1. The molecule has 1 heterocycles. The fourth-order valence-corrected chi connectivity index (χ4v) is 1.62. The second-order valence-electron chi connectivity index (χ2n) is 3.78. The molecule has 20 heavy (non-hydrogen) atoms. The summed E-state index contributed by atoms with van der Waals surface area (Å²) in [6.07, 6.45) is 1.11. The van der Waals surface area contributed by atoms with Crippen LogP contribution in [0.25, 0.3) is 0 Å². The van der Waals surface area contributed by atoms with Crippen LogP contribution in [0.1, 0.15) is 0 Å². The van der Waals surface area contributed by atoms with E-state index in [1.54, 1.807) is 0 Å². The molecule has 0 fully saturated rings. The highest BCUT2D eigenvalue weighted by atomic mass is 79.9. The summed E-state index contributed by atoms with van der Waals surface area (Å²) in [4.78, 5) is 22.8. The number of hydrogen-bond donors (Lipinski definition) is 2. The van der Waals surface area contributed by atoms with Gasteiger partial charge in [0.1, 0.15) is 17.6 Å². The van der Waals surface area contributed by atoms with Crippen molar-refractivity contribution in [3.05, 3.63) is 21.0 Å². The topological polar surface area (TPSA) is 93.5 Å². The molecule has 7 nitrogen and oxygen atoms in total. The number of alkyl halides is 2. The highest BCUT2D eigenvalue weighted by molar-refractivity contribution is 9.10. The highest BCUT2D eigenvalue weighted by Crippen LogP contribution is 2.19. The third-order valence-corrected chi connectivity index (χ3v) is 3.03. The quantitative estimate of drug-likeness (QED) is 0.709. The molecule has 0 saturated heterocycles. The molecule has 0 aromatic carbocycles. The van der Waals surface area contributed by atoms with Crippen molar-refractivity contribution in [2.75, 3.05) is 25.6 Å². The molecule has 0 aliphatic rings. The first-order valence-electron chi connectivity index (χ1n) is 5.35. The highest BCUT2D eigenvalue weighted by Gasteiger charge is 2.27. The summed E-state index contributed by atoms with van der Waals surface area (Å²) in [7, 11) is 1.16. The van der Waals surface area contributed by atoms with Crippen LogP contribution in [-0.4, -0.2) is 47.0 Å². The van der Waals surface area contributed by atoms with Crippen LogP contribution in [-0.2, 0) is 16.1 Å². The van der Waals surface area contributed by atoms with Crippen molar-refractivity contribution in [2.24, 2.45) is 0 Å². The van der Waals surface area contributed by atoms with Crippen LogP contribution in [0.5, 0.6) is 0 Å². The summed E-state index contributed by atoms with van der Waals surface area (Å²) in [6, 6.07) is 0. The van der Waals surface area contributed by atoms with Crippen LogP contribution in [0.2, 0.25) is 0 Å². The van der Waals surface area contributed by atoms with Gasteiger partial charge in [0.15, 0.2) is 0 Å². The van der Waals surface area contributed by atoms with Crippen molar-refractivity contribution in [1.82, 2.24) is 9.78 Å². The Hall–Kier alpha value is -1.55. The second kappa shape index (κ2) is 6.75. The van der Waals surface area contributed by atoms with Gasteiger partial charge >= 0.3 is 5.97 Å². The Bertz CT molecular complexity index is 550. The SMILES string of the molecule is COC(=O)Cn1ncc(NCC(F)(F)CO)c(Br)c1=O. The number of anilines is 1. The molecule has 1 aromatic rings. The Balaban J connectivity index is 2.89. The lowest BCUT2D eigenvalue weighted by atomic mass is 10.3. The molecule has 1 aromatic heterocycles. The number of rotatable bonds is 6. The number of aromatic nitrogens is 2. The number of ether oxygens (including phenoxy) is 1. The monoisotopic (exact) mass is 355 g/mol. The average molecular weight is 356 g/mol. The summed E-state index contributed by atoms with van der Waals surface area (Å²) in [5.74, 6) is -3.99. The summed E-state index contributed by atoms with van der Waals surface area (Å²) in [5.41, 5.74) is -0.642. The van der Waals surface area contributed by atoms with E-state index in [1.165, 1.54) is 0 Å². The Kier molecular flexibility index (Phi) is 5.57. The van der Waals surface area contributed by atoms with Crippen LogP contribution in [0.3, 0.4) is 0 Å². The number of hydrogen-bond acceptors (Lipinski definition) is 6. The van der Waals surface area contributed by atoms with Crippen molar-refractivity contribution < 1.29 is 23.4 Å². The van der Waals surface area contributed by atoms with E-state index < -0.39 is 30.6 Å². The number of methoxy groups -OCH3 is 1. The van der Waals surface area contributed by atoms with Gasteiger partial charge in [0.25, 0.3) is 11.5 Å². The van der Waals surface area contributed by atoms with Crippen molar-refractivity contribution in [1.29, 1.82) is 0 Å². The van der Waals surface area contributed by atoms with Crippen LogP contribution in [0, 0.1) is 0 Å². The van der Waals surface area contributed by atoms with E-state index in [0.717, 1.165) is 18.0 Å². The Morgan fingerprint density at radius 1 is 1.65 bits per heavy atom. The fraction of sp³-hybridized carbons (Fsp3) is 0.500. The Morgan fingerprint density at radius 3 is 2.85 bits per heavy atom. The van der Waals surface area contributed by atoms with Gasteiger partial charge in [-0.25, -0.2) is 13.5 Å². The van der Waals surface area contributed by atoms with Gasteiger partial charge in [-0.1, -0.05) is 0 Å². The first-order valence-corrected chi connectivity index (χ1v) is 6.15. The number of nitrogens with zero attached hydrogens (tertiary/aromatic N) is 2. The van der Waals surface area contributed by atoms with Crippen molar-refractivity contribution in [3.63, 3.8) is 0 Å². The van der Waals surface area contributed by atoms with Crippen molar-refractivity contribution in [3.8, 4) is 0 Å². The van der Waals surface area contributed by atoms with E-state index >= 15 is 0 Å². The maximum atomic E-state index is 12.9. The molecule has 0 atom stereocenters. The normalized spacial score (nSPS) is 11.2. The second-order valence-corrected chi connectivity index (χ2v) is 4.57. The average Bonchev–Trinajstić information content (AvgIpc) is 2.43. The summed E-state index contributed by atoms with van der Waals surface area (Å²) in [6.45, 7) is -2.56. The first-order chi connectivity index (χ1) is 9.30. The maximum Gasteiger partial charge on any atom is 0.327 e. The zero-order valence-electron chi connectivity index (χ0n) is 10.4. The molecule has 2 N–H and O–H groups in total. The minimum atomic E-state index is -3.32. The zero-order valence-corrected chi connectivity index (χ0v) is 12.0. The van der Waals surface area contributed by atoms with Crippen molar-refractivity contribution >= 4 is 27.6 Å². The molecular weight excluding hydrogens is 344 g/mol. The molecule has 0 amide bonds. The predicted octanol–water partition coefficient (Wildman–Crippen LogP) is 0.218. The third kappa shape index (κ3) is 4.23. The Labute approximate surface area is 120 Å². The van der Waals surface area contributed by atoms with Gasteiger partial charge in [0, 0.05) is 0 Å². The van der Waals surface area contributed by atoms with Crippen LogP contribution in [0.15, 0.2) is 15.5 Å². The number of carbonyl (C=O) groups excluding carboxylic acids is 1. The molecule has 0 unspecified atom stereocenters. The van der Waals surface area contributed by atoms with Gasteiger partial charge in [-0.15, -0.1) is 0 Å². The lowest BCUT2D eigenvalue weighted by molar-refractivity contribution is -0.141. The van der Waals surface area contributed by atoms with Gasteiger partial charge in [0.2, 0.25) is 0 Å². The molecule has 10 heteroatoms. The number of esters is 1. The number of halogens is 3. The van der Waals surface area contributed by atoms with Gasteiger partial charge in [-0.3, -0.25) is 9.59 Å². The minimum absolute atomic E-state index is 0.0317. The van der Waals surface area contributed by atoms with Crippen molar-refractivity contribution in [2.45, 2.75) is 12.5 Å². The molecule has 112 valence electrons. The number of nitrogens with one attached hydrogen (secondary N) is 1. The molecular formula is C10H12BrF2N3O4. The largest absolute Gasteiger partial charge is 0.468 e. The molecule has 0 bridgehead atoms. The number of carbonyl (C=O) groups is 1. The molecule has 1 rings (SSSR count). The van der Waals surface area contributed by atoms with Gasteiger partial charge in [-0.2, -0.15) is 5.10 Å². The van der Waals surface area contributed by atoms with Crippen LogP contribution in [0.4, 0.5) is 14.5 Å². The minimum Gasteiger partial charge on any atom is -0.468 e. The maximum absolute atomic E-state index is 12.9. The van der Waals surface area contributed by atoms with Crippen LogP contribution >= 0.6 is 15.9 Å². The first kappa shape index (κ1) is 16.5. The van der Waals surface area contributed by atoms with E-state index in [9.17, 15) is 18.4 Å². The Morgan fingerprint density at radius 2 is 2.30 bits per heavy atom. The summed E-state index contributed by atoms with van der Waals surface area (Å²) < 4.78 is 30.9. The summed E-state index contributed by atoms with van der Waals surface area (Å²) in [5, 5.41) is 14.4. The van der Waals surface area contributed by atoms with Gasteiger partial charge in [0.05, 0.1) is 25.5 Å². The fourth-order valence-electron chi connectivity index (χ4n) is 1.17. The van der Waals surface area contributed by atoms with E-state index in [1.807, 2.05) is 0 Å².